The van der Waals surface area contributed by atoms with E-state index in [1.165, 1.54) is 0 Å². The summed E-state index contributed by atoms with van der Waals surface area (Å²) in [4.78, 5) is 2.53. The van der Waals surface area contributed by atoms with Crippen LogP contribution in [0.2, 0.25) is 0 Å². The molecule has 0 aliphatic rings. The fourth-order valence-corrected chi connectivity index (χ4v) is 2.97. The normalized spacial score (nSPS) is 16.6. The summed E-state index contributed by atoms with van der Waals surface area (Å²) in [6.45, 7) is 11.2. The Morgan fingerprint density at radius 1 is 1.37 bits per heavy atom. The summed E-state index contributed by atoms with van der Waals surface area (Å²) in [5.74, 6) is 0. The smallest absolute Gasteiger partial charge is 0.0843 e. The maximum atomic E-state index is 4.22. The Morgan fingerprint density at radius 2 is 2.00 bits per heavy atom. The van der Waals surface area contributed by atoms with Crippen molar-refractivity contribution in [2.24, 2.45) is 7.05 Å². The largest absolute Gasteiger partial charge is 0.315 e. The zero-order valence-corrected chi connectivity index (χ0v) is 13.3. The standard InChI is InChI=1S/C14H29N5/c1-7-14(4,19(8-2)9-3)13(15-5)10-12-11-18(6)17-16-12/h11,13,15H,7-10H2,1-6H3. The lowest BCUT2D eigenvalue weighted by Crippen LogP contribution is -2.59. The van der Waals surface area contributed by atoms with Crippen LogP contribution in [0.15, 0.2) is 6.20 Å². The van der Waals surface area contributed by atoms with Crippen LogP contribution in [0.5, 0.6) is 0 Å². The quantitative estimate of drug-likeness (QED) is 0.774. The van der Waals surface area contributed by atoms with E-state index in [0.717, 1.165) is 31.6 Å². The van der Waals surface area contributed by atoms with E-state index in [1.807, 2.05) is 20.3 Å². The molecule has 1 aromatic rings. The minimum Gasteiger partial charge on any atom is -0.315 e. The number of nitrogens with one attached hydrogen (secondary N) is 1. The van der Waals surface area contributed by atoms with Crippen LogP contribution in [0.1, 0.15) is 39.8 Å². The Hall–Kier alpha value is -0.940. The first kappa shape index (κ1) is 16.1. The van der Waals surface area contributed by atoms with E-state index in [0.29, 0.717) is 6.04 Å². The summed E-state index contributed by atoms with van der Waals surface area (Å²) in [5, 5.41) is 11.7. The van der Waals surface area contributed by atoms with Crippen LogP contribution in [-0.2, 0) is 13.5 Å². The van der Waals surface area contributed by atoms with Gasteiger partial charge in [0.05, 0.1) is 5.69 Å². The first-order valence-corrected chi connectivity index (χ1v) is 7.29. The highest BCUT2D eigenvalue weighted by Crippen LogP contribution is 2.25. The zero-order valence-electron chi connectivity index (χ0n) is 13.3. The van der Waals surface area contributed by atoms with E-state index in [1.54, 1.807) is 4.68 Å². The summed E-state index contributed by atoms with van der Waals surface area (Å²) in [7, 11) is 3.95. The van der Waals surface area contributed by atoms with Gasteiger partial charge in [0.2, 0.25) is 0 Å². The molecule has 0 aliphatic carbocycles. The zero-order chi connectivity index (χ0) is 14.5. The second kappa shape index (κ2) is 7.01. The molecular formula is C14H29N5. The molecule has 1 rings (SSSR count). The molecule has 0 bridgehead atoms. The molecule has 5 heteroatoms. The van der Waals surface area contributed by atoms with E-state index >= 15 is 0 Å². The van der Waals surface area contributed by atoms with Crippen molar-refractivity contribution in [2.45, 2.75) is 52.1 Å². The maximum Gasteiger partial charge on any atom is 0.0843 e. The molecule has 19 heavy (non-hydrogen) atoms. The van der Waals surface area contributed by atoms with Gasteiger partial charge in [0.15, 0.2) is 0 Å². The molecule has 0 aromatic carbocycles. The van der Waals surface area contributed by atoms with Crippen molar-refractivity contribution in [3.05, 3.63) is 11.9 Å². The Kier molecular flexibility index (Phi) is 5.94. The average Bonchev–Trinajstić information content (AvgIpc) is 2.82. The van der Waals surface area contributed by atoms with Gasteiger partial charge in [0, 0.05) is 31.2 Å². The molecule has 0 aliphatic heterocycles. The van der Waals surface area contributed by atoms with Crippen LogP contribution < -0.4 is 5.32 Å². The van der Waals surface area contributed by atoms with E-state index in [4.69, 9.17) is 0 Å². The van der Waals surface area contributed by atoms with Crippen molar-refractivity contribution in [1.82, 2.24) is 25.2 Å². The van der Waals surface area contributed by atoms with Crippen LogP contribution in [-0.4, -0.2) is 51.6 Å². The van der Waals surface area contributed by atoms with Gasteiger partial charge in [0.25, 0.3) is 0 Å². The average molecular weight is 267 g/mol. The van der Waals surface area contributed by atoms with Crippen molar-refractivity contribution in [3.63, 3.8) is 0 Å². The molecule has 1 N–H and O–H groups in total. The predicted octanol–water partition coefficient (Wildman–Crippen LogP) is 1.46. The Labute approximate surface area is 117 Å². The maximum absolute atomic E-state index is 4.22. The molecule has 0 spiro atoms. The van der Waals surface area contributed by atoms with Crippen molar-refractivity contribution >= 4 is 0 Å². The summed E-state index contributed by atoms with van der Waals surface area (Å²) in [6, 6.07) is 0.370. The SMILES string of the molecule is CCN(CC)C(C)(CC)C(Cc1cn(C)nn1)NC. The lowest BCUT2D eigenvalue weighted by atomic mass is 9.84. The van der Waals surface area contributed by atoms with Gasteiger partial charge in [-0.2, -0.15) is 0 Å². The van der Waals surface area contributed by atoms with Crippen LogP contribution in [0.3, 0.4) is 0 Å². The topological polar surface area (TPSA) is 46.0 Å². The number of rotatable bonds is 8. The Balaban J connectivity index is 2.91. The molecule has 110 valence electrons. The fourth-order valence-electron chi connectivity index (χ4n) is 2.97. The molecule has 5 nitrogen and oxygen atoms in total. The van der Waals surface area contributed by atoms with Crippen LogP contribution in [0, 0.1) is 0 Å². The van der Waals surface area contributed by atoms with Gasteiger partial charge < -0.3 is 5.32 Å². The monoisotopic (exact) mass is 267 g/mol. The van der Waals surface area contributed by atoms with Crippen molar-refractivity contribution in [2.75, 3.05) is 20.1 Å². The first-order valence-electron chi connectivity index (χ1n) is 7.29. The number of hydrogen-bond acceptors (Lipinski definition) is 4. The lowest BCUT2D eigenvalue weighted by Gasteiger charge is -2.45. The van der Waals surface area contributed by atoms with Gasteiger partial charge in [-0.15, -0.1) is 5.10 Å². The van der Waals surface area contributed by atoms with Gasteiger partial charge in [-0.3, -0.25) is 9.58 Å². The molecule has 1 heterocycles. The Morgan fingerprint density at radius 3 is 2.37 bits per heavy atom. The van der Waals surface area contributed by atoms with Gasteiger partial charge in [0.1, 0.15) is 0 Å². The van der Waals surface area contributed by atoms with Gasteiger partial charge >= 0.3 is 0 Å². The van der Waals surface area contributed by atoms with Crippen molar-refractivity contribution in [1.29, 1.82) is 0 Å². The molecule has 0 amide bonds. The molecule has 1 aromatic heterocycles. The van der Waals surface area contributed by atoms with Crippen LogP contribution >= 0.6 is 0 Å². The van der Waals surface area contributed by atoms with Crippen molar-refractivity contribution in [3.8, 4) is 0 Å². The first-order chi connectivity index (χ1) is 9.01. The third-order valence-electron chi connectivity index (χ3n) is 4.36. The van der Waals surface area contributed by atoms with Crippen LogP contribution in [0.4, 0.5) is 0 Å². The minimum absolute atomic E-state index is 0.135. The van der Waals surface area contributed by atoms with Gasteiger partial charge in [-0.05, 0) is 33.5 Å². The van der Waals surface area contributed by atoms with Gasteiger partial charge in [-0.1, -0.05) is 26.0 Å². The lowest BCUT2D eigenvalue weighted by molar-refractivity contribution is 0.0727. The van der Waals surface area contributed by atoms with Crippen LogP contribution in [0.25, 0.3) is 0 Å². The summed E-state index contributed by atoms with van der Waals surface area (Å²) in [5.41, 5.74) is 1.18. The number of hydrogen-bond donors (Lipinski definition) is 1. The molecule has 0 saturated heterocycles. The minimum atomic E-state index is 0.135. The summed E-state index contributed by atoms with van der Waals surface area (Å²) < 4.78 is 1.77. The molecule has 0 fully saturated rings. The highest BCUT2D eigenvalue weighted by atomic mass is 15.4. The molecule has 2 atom stereocenters. The number of nitrogens with zero attached hydrogens (tertiary/aromatic N) is 4. The van der Waals surface area contributed by atoms with E-state index in [9.17, 15) is 0 Å². The number of likely N-dealkylation sites (N-methyl/N-ethyl adjacent to an activating group) is 2. The van der Waals surface area contributed by atoms with E-state index < -0.39 is 0 Å². The molecular weight excluding hydrogens is 238 g/mol. The molecule has 0 saturated carbocycles. The van der Waals surface area contributed by atoms with E-state index in [2.05, 4.69) is 48.2 Å². The fraction of sp³-hybridized carbons (Fsp3) is 0.857. The van der Waals surface area contributed by atoms with Crippen molar-refractivity contribution < 1.29 is 0 Å². The molecule has 2 unspecified atom stereocenters. The number of aryl methyl sites for hydroxylation is 1. The summed E-state index contributed by atoms with van der Waals surface area (Å²) in [6.07, 6.45) is 4.02. The predicted molar refractivity (Wildman–Crippen MR) is 79.2 cm³/mol. The highest BCUT2D eigenvalue weighted by molar-refractivity contribution is 5.04. The van der Waals surface area contributed by atoms with Gasteiger partial charge in [-0.25, -0.2) is 0 Å². The van der Waals surface area contributed by atoms with E-state index in [-0.39, 0.29) is 5.54 Å². The second-order valence-electron chi connectivity index (χ2n) is 5.31. The third-order valence-corrected chi connectivity index (χ3v) is 4.36. The third kappa shape index (κ3) is 3.54. The highest BCUT2D eigenvalue weighted by Gasteiger charge is 2.36. The summed E-state index contributed by atoms with van der Waals surface area (Å²) >= 11 is 0. The Bertz CT molecular complexity index is 372. The molecule has 0 radical (unpaired) electrons. The number of aromatic nitrogens is 3. The second-order valence-corrected chi connectivity index (χ2v) is 5.31.